The van der Waals surface area contributed by atoms with Crippen molar-refractivity contribution in [3.63, 3.8) is 0 Å². The molecule has 0 unspecified atom stereocenters. The van der Waals surface area contributed by atoms with Crippen LogP contribution in [-0.4, -0.2) is 18.5 Å². The zero-order chi connectivity index (χ0) is 6.43. The average molecular weight is 126 g/mol. The molecule has 1 aliphatic heterocycles. The van der Waals surface area contributed by atoms with Gasteiger partial charge >= 0.3 is 0 Å². The molecule has 1 saturated heterocycles. The summed E-state index contributed by atoms with van der Waals surface area (Å²) in [7, 11) is 0. The van der Waals surface area contributed by atoms with Crippen molar-refractivity contribution in [2.75, 3.05) is 6.54 Å². The van der Waals surface area contributed by atoms with Crippen LogP contribution in [0.5, 0.6) is 0 Å². The molecule has 1 amide bonds. The van der Waals surface area contributed by atoms with Crippen LogP contribution in [0.15, 0.2) is 0 Å². The second-order valence-corrected chi connectivity index (χ2v) is 2.95. The fourth-order valence-corrected chi connectivity index (χ4v) is 1.66. The lowest BCUT2D eigenvalue weighted by atomic mass is 10.2. The van der Waals surface area contributed by atoms with E-state index in [1.54, 1.807) is 0 Å². The highest BCUT2D eigenvalue weighted by atomic mass is 16.1. The molecule has 2 rings (SSSR count). The van der Waals surface area contributed by atoms with Gasteiger partial charge < -0.3 is 11.1 Å². The number of rotatable bonds is 1. The van der Waals surface area contributed by atoms with Crippen LogP contribution < -0.4 is 11.1 Å². The Kier molecular flexibility index (Phi) is 0.858. The molecule has 1 saturated carbocycles. The van der Waals surface area contributed by atoms with Gasteiger partial charge in [0.2, 0.25) is 5.91 Å². The maximum absolute atomic E-state index is 10.6. The number of fused-ring (bicyclic) bond motifs is 1. The van der Waals surface area contributed by atoms with Crippen LogP contribution in [-0.2, 0) is 4.79 Å². The number of piperidine rings is 1. The van der Waals surface area contributed by atoms with Crippen molar-refractivity contribution < 1.29 is 4.79 Å². The quantitative estimate of drug-likeness (QED) is 0.477. The molecule has 3 N–H and O–H groups in total. The van der Waals surface area contributed by atoms with Gasteiger partial charge in [0, 0.05) is 0 Å². The smallest absolute Gasteiger partial charge is 0.234 e. The van der Waals surface area contributed by atoms with E-state index in [-0.39, 0.29) is 11.9 Å². The number of nitrogens with two attached hydrogens (primary N) is 1. The fraction of sp³-hybridized carbons (Fsp3) is 0.833. The normalized spacial score (nSPS) is 46.4. The standard InChI is InChI=1S/C6H10N2O/c7-6(9)5-4-1-3(4)2-8-5/h3-5,8H,1-2H2,(H2,7,9)/t3-,4-,5+/m0/s1. The van der Waals surface area contributed by atoms with Gasteiger partial charge in [-0.05, 0) is 24.8 Å². The lowest BCUT2D eigenvalue weighted by Crippen LogP contribution is -2.39. The largest absolute Gasteiger partial charge is 0.368 e. The van der Waals surface area contributed by atoms with Crippen LogP contribution in [0.25, 0.3) is 0 Å². The topological polar surface area (TPSA) is 55.1 Å². The third-order valence-electron chi connectivity index (χ3n) is 2.31. The summed E-state index contributed by atoms with van der Waals surface area (Å²) < 4.78 is 0. The monoisotopic (exact) mass is 126 g/mol. The van der Waals surface area contributed by atoms with Gasteiger partial charge in [0.15, 0.2) is 0 Å². The van der Waals surface area contributed by atoms with Gasteiger partial charge in [-0.1, -0.05) is 0 Å². The van der Waals surface area contributed by atoms with Crippen LogP contribution in [0.1, 0.15) is 6.42 Å². The minimum atomic E-state index is -0.181. The first-order valence-electron chi connectivity index (χ1n) is 3.32. The molecule has 3 heteroatoms. The van der Waals surface area contributed by atoms with Crippen molar-refractivity contribution in [1.29, 1.82) is 0 Å². The Labute approximate surface area is 53.6 Å². The van der Waals surface area contributed by atoms with Gasteiger partial charge in [0.1, 0.15) is 0 Å². The highest BCUT2D eigenvalue weighted by Gasteiger charge is 2.50. The van der Waals surface area contributed by atoms with Gasteiger partial charge in [0.05, 0.1) is 6.04 Å². The Morgan fingerprint density at radius 2 is 2.44 bits per heavy atom. The Morgan fingerprint density at radius 1 is 1.67 bits per heavy atom. The average Bonchev–Trinajstić information content (AvgIpc) is 2.43. The molecule has 1 heterocycles. The number of carbonyl (C=O) groups is 1. The van der Waals surface area contributed by atoms with Crippen molar-refractivity contribution >= 4 is 5.91 Å². The lowest BCUT2D eigenvalue weighted by molar-refractivity contribution is -0.120. The number of hydrogen-bond donors (Lipinski definition) is 2. The highest BCUT2D eigenvalue weighted by Crippen LogP contribution is 2.44. The lowest BCUT2D eigenvalue weighted by Gasteiger charge is -2.06. The summed E-state index contributed by atoms with van der Waals surface area (Å²) in [5, 5.41) is 3.08. The summed E-state index contributed by atoms with van der Waals surface area (Å²) in [5.41, 5.74) is 5.11. The van der Waals surface area contributed by atoms with Crippen LogP contribution in [0.4, 0.5) is 0 Å². The molecule has 0 aromatic rings. The van der Waals surface area contributed by atoms with Gasteiger partial charge in [-0.3, -0.25) is 4.79 Å². The number of nitrogens with one attached hydrogen (secondary N) is 1. The van der Waals surface area contributed by atoms with Crippen LogP contribution >= 0.6 is 0 Å². The summed E-state index contributed by atoms with van der Waals surface area (Å²) in [4.78, 5) is 10.6. The molecule has 0 bridgehead atoms. The van der Waals surface area contributed by atoms with E-state index < -0.39 is 0 Å². The summed E-state index contributed by atoms with van der Waals surface area (Å²) in [5.74, 6) is 1.17. The third-order valence-corrected chi connectivity index (χ3v) is 2.31. The Bertz CT molecular complexity index is 157. The van der Waals surface area contributed by atoms with E-state index in [1.807, 2.05) is 0 Å². The van der Waals surface area contributed by atoms with Crippen LogP contribution in [0.2, 0.25) is 0 Å². The van der Waals surface area contributed by atoms with Crippen molar-refractivity contribution in [2.24, 2.45) is 17.6 Å². The Balaban J connectivity index is 2.06. The maximum atomic E-state index is 10.6. The summed E-state index contributed by atoms with van der Waals surface area (Å²) in [6.07, 6.45) is 1.21. The predicted octanol–water partition coefficient (Wildman–Crippen LogP) is -0.920. The molecule has 2 aliphatic rings. The molecule has 0 aromatic carbocycles. The first-order chi connectivity index (χ1) is 4.29. The highest BCUT2D eigenvalue weighted by molar-refractivity contribution is 5.81. The second-order valence-electron chi connectivity index (χ2n) is 2.95. The van der Waals surface area contributed by atoms with Crippen LogP contribution in [0.3, 0.4) is 0 Å². The first-order valence-corrected chi connectivity index (χ1v) is 3.32. The van der Waals surface area contributed by atoms with E-state index in [0.29, 0.717) is 5.92 Å². The van der Waals surface area contributed by atoms with E-state index in [0.717, 1.165) is 12.5 Å². The van der Waals surface area contributed by atoms with Gasteiger partial charge in [-0.25, -0.2) is 0 Å². The Morgan fingerprint density at radius 3 is 2.67 bits per heavy atom. The number of hydrogen-bond acceptors (Lipinski definition) is 2. The van der Waals surface area contributed by atoms with Crippen molar-refractivity contribution in [3.8, 4) is 0 Å². The number of carbonyl (C=O) groups excluding carboxylic acids is 1. The van der Waals surface area contributed by atoms with Crippen molar-refractivity contribution in [2.45, 2.75) is 12.5 Å². The molecule has 3 atom stereocenters. The zero-order valence-corrected chi connectivity index (χ0v) is 5.13. The molecule has 50 valence electrons. The first kappa shape index (κ1) is 5.23. The fourth-order valence-electron chi connectivity index (χ4n) is 1.66. The molecule has 1 aliphatic carbocycles. The maximum Gasteiger partial charge on any atom is 0.234 e. The summed E-state index contributed by atoms with van der Waals surface area (Å²) in [6, 6.07) is -0.00463. The molecular weight excluding hydrogens is 116 g/mol. The molecule has 3 nitrogen and oxygen atoms in total. The van der Waals surface area contributed by atoms with E-state index >= 15 is 0 Å². The summed E-state index contributed by atoms with van der Waals surface area (Å²) in [6.45, 7) is 0.998. The Hall–Kier alpha value is -0.570. The molecule has 0 aromatic heterocycles. The van der Waals surface area contributed by atoms with Crippen molar-refractivity contribution in [3.05, 3.63) is 0 Å². The minimum absolute atomic E-state index is 0.00463. The molecule has 9 heavy (non-hydrogen) atoms. The van der Waals surface area contributed by atoms with Gasteiger partial charge in [0.25, 0.3) is 0 Å². The predicted molar refractivity (Wildman–Crippen MR) is 32.6 cm³/mol. The van der Waals surface area contributed by atoms with Crippen molar-refractivity contribution in [1.82, 2.24) is 5.32 Å². The summed E-state index contributed by atoms with van der Waals surface area (Å²) >= 11 is 0. The molecule has 0 spiro atoms. The van der Waals surface area contributed by atoms with E-state index in [1.165, 1.54) is 6.42 Å². The minimum Gasteiger partial charge on any atom is -0.368 e. The SMILES string of the molecule is NC(=O)[C@@H]1NC[C@@H]2C[C@@H]21. The van der Waals surface area contributed by atoms with E-state index in [9.17, 15) is 4.79 Å². The second kappa shape index (κ2) is 1.48. The number of primary amides is 1. The molecule has 2 fully saturated rings. The van der Waals surface area contributed by atoms with E-state index in [4.69, 9.17) is 5.73 Å². The van der Waals surface area contributed by atoms with Gasteiger partial charge in [-0.15, -0.1) is 0 Å². The molecular formula is C6H10N2O. The van der Waals surface area contributed by atoms with E-state index in [2.05, 4.69) is 5.32 Å². The third kappa shape index (κ3) is 0.645. The number of amides is 1. The molecule has 0 radical (unpaired) electrons. The zero-order valence-electron chi connectivity index (χ0n) is 5.13. The van der Waals surface area contributed by atoms with Gasteiger partial charge in [-0.2, -0.15) is 0 Å². The van der Waals surface area contributed by atoms with Crippen LogP contribution in [0, 0.1) is 11.8 Å².